The number of halogens is 3. The van der Waals surface area contributed by atoms with Crippen molar-refractivity contribution in [1.29, 1.82) is 0 Å². The molecule has 1 aliphatic carbocycles. The van der Waals surface area contributed by atoms with Crippen LogP contribution in [-0.2, 0) is 16.1 Å². The van der Waals surface area contributed by atoms with Crippen LogP contribution in [0.5, 0.6) is 0 Å². The number of hydrogen-bond acceptors (Lipinski definition) is 2. The molecule has 29 heavy (non-hydrogen) atoms. The summed E-state index contributed by atoms with van der Waals surface area (Å²) in [6, 6.07) is 14.1. The minimum Gasteiger partial charge on any atom is -0.351 e. The standard InChI is InChI=1S/C22H23BrCl2N2O2/c23-17-5-3-4-16(12-17)21(22(29)26-19-6-1-2-7-19)27(20(28)13-24)14-15-8-10-18(25)11-9-15/h3-5,8-12,19,21H,1-2,6-7,13-14H2,(H,26,29)/t21-/m0/s1. The molecular formula is C22H23BrCl2N2O2. The molecule has 0 saturated heterocycles. The third kappa shape index (κ3) is 5.97. The van der Waals surface area contributed by atoms with Crippen LogP contribution in [0.4, 0.5) is 0 Å². The predicted octanol–water partition coefficient (Wildman–Crippen LogP) is 5.47. The highest BCUT2D eigenvalue weighted by Crippen LogP contribution is 2.28. The monoisotopic (exact) mass is 496 g/mol. The van der Waals surface area contributed by atoms with E-state index >= 15 is 0 Å². The van der Waals surface area contributed by atoms with Gasteiger partial charge < -0.3 is 10.2 Å². The molecule has 4 nitrogen and oxygen atoms in total. The SMILES string of the molecule is O=C(NC1CCCC1)[C@H](c1cccc(Br)c1)N(Cc1ccc(Cl)cc1)C(=O)CCl. The Labute approximate surface area is 189 Å². The first-order valence-electron chi connectivity index (χ1n) is 9.63. The van der Waals surface area contributed by atoms with Crippen molar-refractivity contribution in [2.24, 2.45) is 0 Å². The summed E-state index contributed by atoms with van der Waals surface area (Å²) in [5.41, 5.74) is 1.61. The van der Waals surface area contributed by atoms with Crippen molar-refractivity contribution < 1.29 is 9.59 Å². The van der Waals surface area contributed by atoms with E-state index in [1.807, 2.05) is 36.4 Å². The molecular weight excluding hydrogens is 475 g/mol. The van der Waals surface area contributed by atoms with Crippen LogP contribution in [0.25, 0.3) is 0 Å². The zero-order valence-corrected chi connectivity index (χ0v) is 19.0. The summed E-state index contributed by atoms with van der Waals surface area (Å²) < 4.78 is 0.846. The second kappa shape index (κ2) is 10.5. The Kier molecular flexibility index (Phi) is 7.99. The van der Waals surface area contributed by atoms with Crippen LogP contribution in [0.2, 0.25) is 5.02 Å². The van der Waals surface area contributed by atoms with Gasteiger partial charge in [0.2, 0.25) is 11.8 Å². The first-order valence-corrected chi connectivity index (χ1v) is 11.3. The molecule has 0 heterocycles. The van der Waals surface area contributed by atoms with E-state index in [-0.39, 0.29) is 30.3 Å². The van der Waals surface area contributed by atoms with E-state index in [0.29, 0.717) is 5.02 Å². The minimum atomic E-state index is -0.768. The van der Waals surface area contributed by atoms with Gasteiger partial charge in [0.1, 0.15) is 11.9 Å². The van der Waals surface area contributed by atoms with Gasteiger partial charge in [0.15, 0.2) is 0 Å². The number of nitrogens with one attached hydrogen (secondary N) is 1. The van der Waals surface area contributed by atoms with Gasteiger partial charge >= 0.3 is 0 Å². The van der Waals surface area contributed by atoms with Crippen molar-refractivity contribution >= 4 is 50.9 Å². The minimum absolute atomic E-state index is 0.153. The summed E-state index contributed by atoms with van der Waals surface area (Å²) >= 11 is 15.4. The summed E-state index contributed by atoms with van der Waals surface area (Å²) in [6.07, 6.45) is 4.17. The number of benzene rings is 2. The largest absolute Gasteiger partial charge is 0.351 e. The molecule has 0 unspecified atom stereocenters. The molecule has 7 heteroatoms. The van der Waals surface area contributed by atoms with Gasteiger partial charge in [-0.2, -0.15) is 0 Å². The van der Waals surface area contributed by atoms with Crippen molar-refractivity contribution in [2.45, 2.75) is 44.3 Å². The van der Waals surface area contributed by atoms with Gasteiger partial charge in [-0.25, -0.2) is 0 Å². The van der Waals surface area contributed by atoms with Gasteiger partial charge in [-0.1, -0.05) is 64.6 Å². The van der Waals surface area contributed by atoms with E-state index in [2.05, 4.69) is 21.2 Å². The lowest BCUT2D eigenvalue weighted by Gasteiger charge is -2.32. The first-order chi connectivity index (χ1) is 14.0. The lowest BCUT2D eigenvalue weighted by molar-refractivity contribution is -0.140. The second-order valence-electron chi connectivity index (χ2n) is 7.23. The van der Waals surface area contributed by atoms with Crippen LogP contribution in [0.3, 0.4) is 0 Å². The summed E-state index contributed by atoms with van der Waals surface area (Å²) in [5, 5.41) is 3.76. The number of nitrogens with zero attached hydrogens (tertiary/aromatic N) is 1. The topological polar surface area (TPSA) is 49.4 Å². The summed E-state index contributed by atoms with van der Waals surface area (Å²) in [7, 11) is 0. The van der Waals surface area contributed by atoms with Gasteiger partial charge in [0.25, 0.3) is 0 Å². The van der Waals surface area contributed by atoms with Crippen molar-refractivity contribution in [3.63, 3.8) is 0 Å². The molecule has 0 aromatic heterocycles. The Hall–Kier alpha value is -1.56. The lowest BCUT2D eigenvalue weighted by atomic mass is 10.0. The molecule has 3 rings (SSSR count). The molecule has 2 aromatic carbocycles. The number of alkyl halides is 1. The third-order valence-corrected chi connectivity index (χ3v) is 6.10. The summed E-state index contributed by atoms with van der Waals surface area (Å²) in [6.45, 7) is 0.262. The number of carbonyl (C=O) groups excluding carboxylic acids is 2. The molecule has 1 saturated carbocycles. The fourth-order valence-electron chi connectivity index (χ4n) is 3.69. The average molecular weight is 498 g/mol. The van der Waals surface area contributed by atoms with Gasteiger partial charge in [-0.05, 0) is 48.2 Å². The molecule has 1 atom stereocenters. The average Bonchev–Trinajstić information content (AvgIpc) is 3.21. The van der Waals surface area contributed by atoms with Gasteiger partial charge in [0.05, 0.1) is 0 Å². The maximum atomic E-state index is 13.3. The fraction of sp³-hybridized carbons (Fsp3) is 0.364. The Morgan fingerprint density at radius 2 is 1.83 bits per heavy atom. The highest BCUT2D eigenvalue weighted by molar-refractivity contribution is 9.10. The number of amides is 2. The third-order valence-electron chi connectivity index (χ3n) is 5.13. The summed E-state index contributed by atoms with van der Waals surface area (Å²) in [5.74, 6) is -0.676. The second-order valence-corrected chi connectivity index (χ2v) is 8.85. The van der Waals surface area contributed by atoms with Crippen molar-refractivity contribution in [2.75, 3.05) is 5.88 Å². The molecule has 154 valence electrons. The Morgan fingerprint density at radius 1 is 1.14 bits per heavy atom. The van der Waals surface area contributed by atoms with E-state index < -0.39 is 6.04 Å². The molecule has 1 aliphatic rings. The Balaban J connectivity index is 1.95. The fourth-order valence-corrected chi connectivity index (χ4v) is 4.38. The van der Waals surface area contributed by atoms with Crippen LogP contribution < -0.4 is 5.32 Å². The van der Waals surface area contributed by atoms with Gasteiger partial charge in [-0.15, -0.1) is 11.6 Å². The molecule has 1 fully saturated rings. The highest BCUT2D eigenvalue weighted by Gasteiger charge is 2.33. The molecule has 0 aliphatic heterocycles. The Bertz CT molecular complexity index is 854. The molecule has 0 radical (unpaired) electrons. The smallest absolute Gasteiger partial charge is 0.247 e. The van der Waals surface area contributed by atoms with Crippen LogP contribution in [0.1, 0.15) is 42.9 Å². The van der Waals surface area contributed by atoms with E-state index in [1.54, 1.807) is 17.0 Å². The number of hydrogen-bond donors (Lipinski definition) is 1. The predicted molar refractivity (Wildman–Crippen MR) is 120 cm³/mol. The van der Waals surface area contributed by atoms with Gasteiger partial charge in [-0.3, -0.25) is 9.59 Å². The quantitative estimate of drug-likeness (QED) is 0.515. The van der Waals surface area contributed by atoms with Crippen LogP contribution in [-0.4, -0.2) is 28.6 Å². The molecule has 0 bridgehead atoms. The Morgan fingerprint density at radius 3 is 2.45 bits per heavy atom. The zero-order chi connectivity index (χ0) is 20.8. The molecule has 2 aromatic rings. The first kappa shape index (κ1) is 22.1. The number of carbonyl (C=O) groups is 2. The highest BCUT2D eigenvalue weighted by atomic mass is 79.9. The van der Waals surface area contributed by atoms with E-state index in [4.69, 9.17) is 23.2 Å². The van der Waals surface area contributed by atoms with Crippen molar-refractivity contribution in [3.05, 3.63) is 69.2 Å². The molecule has 0 spiro atoms. The van der Waals surface area contributed by atoms with E-state index in [1.165, 1.54) is 0 Å². The van der Waals surface area contributed by atoms with E-state index in [9.17, 15) is 9.59 Å². The zero-order valence-electron chi connectivity index (χ0n) is 15.9. The molecule has 1 N–H and O–H groups in total. The van der Waals surface area contributed by atoms with Crippen molar-refractivity contribution in [1.82, 2.24) is 10.2 Å². The maximum Gasteiger partial charge on any atom is 0.247 e. The molecule has 2 amide bonds. The van der Waals surface area contributed by atoms with E-state index in [0.717, 1.165) is 41.3 Å². The van der Waals surface area contributed by atoms with Crippen molar-refractivity contribution in [3.8, 4) is 0 Å². The summed E-state index contributed by atoms with van der Waals surface area (Å²) in [4.78, 5) is 27.7. The van der Waals surface area contributed by atoms with Crippen LogP contribution >= 0.6 is 39.1 Å². The van der Waals surface area contributed by atoms with Gasteiger partial charge in [0, 0.05) is 22.1 Å². The van der Waals surface area contributed by atoms with Crippen LogP contribution in [0, 0.1) is 0 Å². The number of rotatable bonds is 7. The normalized spacial score (nSPS) is 15.1. The van der Waals surface area contributed by atoms with Crippen LogP contribution in [0.15, 0.2) is 53.0 Å². The maximum absolute atomic E-state index is 13.3. The lowest BCUT2D eigenvalue weighted by Crippen LogP contribution is -2.46.